The van der Waals surface area contributed by atoms with Crippen LogP contribution >= 0.6 is 0 Å². The highest BCUT2D eigenvalue weighted by Gasteiger charge is 2.14. The third kappa shape index (κ3) is 3.63. The van der Waals surface area contributed by atoms with E-state index in [9.17, 15) is 4.79 Å². The topological polar surface area (TPSA) is 22.0 Å². The van der Waals surface area contributed by atoms with Gasteiger partial charge in [-0.15, -0.1) is 0 Å². The maximum atomic E-state index is 12.9. The predicted molar refractivity (Wildman–Crippen MR) is 117 cm³/mol. The van der Waals surface area contributed by atoms with Gasteiger partial charge < -0.3 is 4.57 Å². The normalized spacial score (nSPS) is 11.0. The van der Waals surface area contributed by atoms with Gasteiger partial charge in [-0.05, 0) is 36.2 Å². The molecule has 0 N–H and O–H groups in total. The molecule has 0 bridgehead atoms. The molecular weight excluding hydrogens is 342 g/mol. The zero-order valence-electron chi connectivity index (χ0n) is 16.3. The van der Waals surface area contributed by atoms with Crippen LogP contribution < -0.4 is 0 Å². The number of hydrogen-bond acceptors (Lipinski definition) is 1. The summed E-state index contributed by atoms with van der Waals surface area (Å²) < 4.78 is 2.40. The summed E-state index contributed by atoms with van der Waals surface area (Å²) in [5.41, 5.74) is 5.10. The number of hydrogen-bond donors (Lipinski definition) is 0. The number of ketones is 1. The number of fused-ring (bicyclic) bond motifs is 1. The summed E-state index contributed by atoms with van der Waals surface area (Å²) in [7, 11) is 0. The number of carbonyl (C=O) groups excluding carboxylic acids is 1. The summed E-state index contributed by atoms with van der Waals surface area (Å²) in [5.74, 6) is 0.0718. The quantitative estimate of drug-likeness (QED) is 0.262. The van der Waals surface area contributed by atoms with Crippen LogP contribution in [-0.2, 0) is 6.54 Å². The van der Waals surface area contributed by atoms with E-state index in [1.807, 2.05) is 48.5 Å². The molecule has 0 fully saturated rings. The molecule has 0 aliphatic carbocycles. The molecule has 0 saturated heterocycles. The van der Waals surface area contributed by atoms with Crippen LogP contribution in [0.4, 0.5) is 0 Å². The second-order valence-corrected chi connectivity index (χ2v) is 7.22. The summed E-state index contributed by atoms with van der Waals surface area (Å²) in [6.45, 7) is 3.22. The standard InChI is InChI=1S/C26H25NO/c1-2-3-10-17-27-24-16-15-22(26(28)21-13-8-5-9-14-21)18-23(24)19-25(27)20-11-6-4-7-12-20/h4-9,11-16,18-19H,2-3,10,17H2,1H3. The molecule has 1 aromatic heterocycles. The first-order valence-corrected chi connectivity index (χ1v) is 10.1. The Kier molecular flexibility index (Phi) is 5.38. The van der Waals surface area contributed by atoms with Gasteiger partial charge in [0.15, 0.2) is 5.78 Å². The summed E-state index contributed by atoms with van der Waals surface area (Å²) >= 11 is 0. The molecule has 0 unspecified atom stereocenters. The molecule has 3 aromatic carbocycles. The highest BCUT2D eigenvalue weighted by atomic mass is 16.1. The monoisotopic (exact) mass is 367 g/mol. The van der Waals surface area contributed by atoms with E-state index in [1.54, 1.807) is 0 Å². The fourth-order valence-corrected chi connectivity index (χ4v) is 3.78. The van der Waals surface area contributed by atoms with Crippen LogP contribution in [0.5, 0.6) is 0 Å². The smallest absolute Gasteiger partial charge is 0.193 e. The van der Waals surface area contributed by atoms with Gasteiger partial charge in [-0.25, -0.2) is 0 Å². The second-order valence-electron chi connectivity index (χ2n) is 7.22. The van der Waals surface area contributed by atoms with Gasteiger partial charge in [-0.1, -0.05) is 80.4 Å². The predicted octanol–water partition coefficient (Wildman–Crippen LogP) is 6.73. The average Bonchev–Trinajstić information content (AvgIpc) is 3.12. The minimum atomic E-state index is 0.0718. The largest absolute Gasteiger partial charge is 0.340 e. The Balaban J connectivity index is 1.78. The molecule has 2 nitrogen and oxygen atoms in total. The van der Waals surface area contributed by atoms with Crippen LogP contribution in [0.15, 0.2) is 84.9 Å². The van der Waals surface area contributed by atoms with Crippen LogP contribution in [0.3, 0.4) is 0 Å². The Hall–Kier alpha value is -3.13. The van der Waals surface area contributed by atoms with Gasteiger partial charge >= 0.3 is 0 Å². The van der Waals surface area contributed by atoms with E-state index in [4.69, 9.17) is 0 Å². The number of aryl methyl sites for hydroxylation is 1. The Bertz CT molecular complexity index is 1080. The second kappa shape index (κ2) is 8.26. The van der Waals surface area contributed by atoms with Crippen molar-refractivity contribution in [1.82, 2.24) is 4.57 Å². The minimum absolute atomic E-state index is 0.0718. The minimum Gasteiger partial charge on any atom is -0.340 e. The first-order chi connectivity index (χ1) is 13.8. The number of carbonyl (C=O) groups is 1. The first-order valence-electron chi connectivity index (χ1n) is 10.1. The van der Waals surface area contributed by atoms with E-state index in [0.29, 0.717) is 0 Å². The summed E-state index contributed by atoms with van der Waals surface area (Å²) in [6.07, 6.45) is 3.58. The van der Waals surface area contributed by atoms with Crippen molar-refractivity contribution >= 4 is 16.7 Å². The van der Waals surface area contributed by atoms with Crippen molar-refractivity contribution < 1.29 is 4.79 Å². The average molecular weight is 367 g/mol. The van der Waals surface area contributed by atoms with E-state index in [2.05, 4.69) is 47.9 Å². The summed E-state index contributed by atoms with van der Waals surface area (Å²) in [5, 5.41) is 1.12. The fraction of sp³-hybridized carbons (Fsp3) is 0.192. The lowest BCUT2D eigenvalue weighted by atomic mass is 10.0. The van der Waals surface area contributed by atoms with Crippen molar-refractivity contribution in [1.29, 1.82) is 0 Å². The molecule has 0 aliphatic rings. The number of nitrogens with zero attached hydrogens (tertiary/aromatic N) is 1. The van der Waals surface area contributed by atoms with Crippen molar-refractivity contribution in [3.63, 3.8) is 0 Å². The maximum absolute atomic E-state index is 12.9. The third-order valence-electron chi connectivity index (χ3n) is 5.25. The molecule has 0 saturated carbocycles. The molecule has 4 aromatic rings. The van der Waals surface area contributed by atoms with Crippen molar-refractivity contribution in [2.24, 2.45) is 0 Å². The molecule has 2 heteroatoms. The van der Waals surface area contributed by atoms with E-state index in [0.717, 1.165) is 29.5 Å². The van der Waals surface area contributed by atoms with Crippen LogP contribution in [0.1, 0.15) is 42.1 Å². The molecule has 0 amide bonds. The summed E-state index contributed by atoms with van der Waals surface area (Å²) in [6, 6.07) is 28.3. The SMILES string of the molecule is CCCCCn1c(-c2ccccc2)cc2cc(C(=O)c3ccccc3)ccc21. The lowest BCUT2D eigenvalue weighted by Crippen LogP contribution is -2.02. The third-order valence-corrected chi connectivity index (χ3v) is 5.25. The van der Waals surface area contributed by atoms with Gasteiger partial charge in [0.2, 0.25) is 0 Å². The number of benzene rings is 3. The van der Waals surface area contributed by atoms with E-state index in [-0.39, 0.29) is 5.78 Å². The highest BCUT2D eigenvalue weighted by molar-refractivity contribution is 6.10. The van der Waals surface area contributed by atoms with Crippen LogP contribution in [0.25, 0.3) is 22.2 Å². The van der Waals surface area contributed by atoms with E-state index in [1.165, 1.54) is 29.6 Å². The Morgan fingerprint density at radius 2 is 1.50 bits per heavy atom. The number of aromatic nitrogens is 1. The Labute approximate surface area is 166 Å². The fourth-order valence-electron chi connectivity index (χ4n) is 3.78. The molecular formula is C26H25NO. The molecule has 0 aliphatic heterocycles. The Morgan fingerprint density at radius 3 is 2.21 bits per heavy atom. The van der Waals surface area contributed by atoms with Crippen molar-refractivity contribution in [3.05, 3.63) is 96.1 Å². The molecule has 28 heavy (non-hydrogen) atoms. The molecule has 1 heterocycles. The highest BCUT2D eigenvalue weighted by Crippen LogP contribution is 2.30. The van der Waals surface area contributed by atoms with E-state index < -0.39 is 0 Å². The van der Waals surface area contributed by atoms with Crippen LogP contribution in [0.2, 0.25) is 0 Å². The van der Waals surface area contributed by atoms with Gasteiger partial charge in [0.05, 0.1) is 0 Å². The lowest BCUT2D eigenvalue weighted by Gasteiger charge is -2.11. The molecule has 0 radical (unpaired) electrons. The molecule has 140 valence electrons. The zero-order chi connectivity index (χ0) is 19.3. The van der Waals surface area contributed by atoms with Gasteiger partial charge in [-0.2, -0.15) is 0 Å². The van der Waals surface area contributed by atoms with E-state index >= 15 is 0 Å². The van der Waals surface area contributed by atoms with Crippen molar-refractivity contribution in [3.8, 4) is 11.3 Å². The molecule has 0 atom stereocenters. The van der Waals surface area contributed by atoms with Gasteiger partial charge in [0.25, 0.3) is 0 Å². The first kappa shape index (κ1) is 18.2. The van der Waals surface area contributed by atoms with Gasteiger partial charge in [0.1, 0.15) is 0 Å². The van der Waals surface area contributed by atoms with Gasteiger partial charge in [0, 0.05) is 34.3 Å². The molecule has 0 spiro atoms. The van der Waals surface area contributed by atoms with Gasteiger partial charge in [-0.3, -0.25) is 4.79 Å². The maximum Gasteiger partial charge on any atom is 0.193 e. The summed E-state index contributed by atoms with van der Waals surface area (Å²) in [4.78, 5) is 12.9. The van der Waals surface area contributed by atoms with Crippen molar-refractivity contribution in [2.45, 2.75) is 32.7 Å². The van der Waals surface area contributed by atoms with Crippen LogP contribution in [-0.4, -0.2) is 10.4 Å². The van der Waals surface area contributed by atoms with Crippen LogP contribution in [0, 0.1) is 0 Å². The number of rotatable bonds is 7. The molecule has 4 rings (SSSR count). The lowest BCUT2D eigenvalue weighted by molar-refractivity contribution is 0.103. The number of unbranched alkanes of at least 4 members (excludes halogenated alkanes) is 2. The van der Waals surface area contributed by atoms with Crippen molar-refractivity contribution in [2.75, 3.05) is 0 Å². The Morgan fingerprint density at radius 1 is 0.786 bits per heavy atom. The zero-order valence-corrected chi connectivity index (χ0v) is 16.3.